The van der Waals surface area contributed by atoms with Crippen LogP contribution in [0.4, 0.5) is 8.78 Å². The molecule has 0 N–H and O–H groups in total. The summed E-state index contributed by atoms with van der Waals surface area (Å²) in [5, 5.41) is 0. The predicted octanol–water partition coefficient (Wildman–Crippen LogP) is 4.25. The van der Waals surface area contributed by atoms with Crippen LogP contribution in [0, 0.1) is 25.5 Å². The fraction of sp³-hybridized carbons (Fsp3) is 0.143. The molecule has 2 rings (SSSR count). The Morgan fingerprint density at radius 2 is 1.56 bits per heavy atom. The zero-order valence-corrected chi connectivity index (χ0v) is 9.22. The van der Waals surface area contributed by atoms with Crippen LogP contribution in [0.5, 0.6) is 0 Å². The summed E-state index contributed by atoms with van der Waals surface area (Å²) in [6.07, 6.45) is 0. The van der Waals surface area contributed by atoms with E-state index in [1.54, 1.807) is 31.2 Å². The minimum atomic E-state index is -0.325. The van der Waals surface area contributed by atoms with Crippen LogP contribution in [0.1, 0.15) is 11.1 Å². The molecule has 2 aromatic rings. The summed E-state index contributed by atoms with van der Waals surface area (Å²) in [6, 6.07) is 9.58. The van der Waals surface area contributed by atoms with E-state index in [2.05, 4.69) is 0 Å². The maximum atomic E-state index is 13.6. The topological polar surface area (TPSA) is 0 Å². The highest BCUT2D eigenvalue weighted by atomic mass is 19.1. The van der Waals surface area contributed by atoms with Crippen LogP contribution in [0.15, 0.2) is 36.4 Å². The molecule has 0 amide bonds. The van der Waals surface area contributed by atoms with Crippen molar-refractivity contribution in [1.29, 1.82) is 0 Å². The van der Waals surface area contributed by atoms with Crippen molar-refractivity contribution in [2.75, 3.05) is 0 Å². The van der Waals surface area contributed by atoms with E-state index in [0.29, 0.717) is 16.7 Å². The van der Waals surface area contributed by atoms with E-state index in [1.165, 1.54) is 12.1 Å². The fourth-order valence-corrected chi connectivity index (χ4v) is 1.62. The van der Waals surface area contributed by atoms with Crippen molar-refractivity contribution >= 4 is 0 Å². The third-order valence-corrected chi connectivity index (χ3v) is 2.60. The molecule has 0 radical (unpaired) electrons. The van der Waals surface area contributed by atoms with Gasteiger partial charge >= 0.3 is 0 Å². The average Bonchev–Trinajstić information content (AvgIpc) is 2.26. The van der Waals surface area contributed by atoms with Gasteiger partial charge in [-0.1, -0.05) is 23.8 Å². The van der Waals surface area contributed by atoms with Crippen LogP contribution in [-0.4, -0.2) is 0 Å². The van der Waals surface area contributed by atoms with E-state index in [1.807, 2.05) is 6.92 Å². The molecule has 0 saturated heterocycles. The average molecular weight is 218 g/mol. The zero-order chi connectivity index (χ0) is 11.7. The maximum Gasteiger partial charge on any atom is 0.131 e. The molecule has 16 heavy (non-hydrogen) atoms. The van der Waals surface area contributed by atoms with Gasteiger partial charge in [0, 0.05) is 5.56 Å². The molecule has 0 aliphatic heterocycles. The molecule has 0 heterocycles. The predicted molar refractivity (Wildman–Crippen MR) is 61.3 cm³/mol. The van der Waals surface area contributed by atoms with E-state index in [9.17, 15) is 8.78 Å². The Kier molecular flexibility index (Phi) is 2.73. The van der Waals surface area contributed by atoms with Gasteiger partial charge in [0.15, 0.2) is 0 Å². The first kappa shape index (κ1) is 10.8. The standard InChI is InChI=1S/C14H12F2/c1-9-3-6-13(15)12(7-9)11-5-4-10(2)14(16)8-11/h3-8H,1-2H3. The van der Waals surface area contributed by atoms with Gasteiger partial charge in [0.05, 0.1) is 0 Å². The number of benzene rings is 2. The van der Waals surface area contributed by atoms with Crippen molar-refractivity contribution in [3.8, 4) is 11.1 Å². The third-order valence-electron chi connectivity index (χ3n) is 2.60. The Bertz CT molecular complexity index is 530. The highest BCUT2D eigenvalue weighted by Crippen LogP contribution is 2.25. The molecule has 2 heteroatoms. The molecule has 0 spiro atoms. The molecule has 0 bridgehead atoms. The smallest absolute Gasteiger partial charge is 0.131 e. The van der Waals surface area contributed by atoms with Crippen LogP contribution in [-0.2, 0) is 0 Å². The van der Waals surface area contributed by atoms with E-state index in [0.717, 1.165) is 5.56 Å². The summed E-state index contributed by atoms with van der Waals surface area (Å²) in [5.74, 6) is -0.632. The van der Waals surface area contributed by atoms with Crippen LogP contribution in [0.2, 0.25) is 0 Å². The van der Waals surface area contributed by atoms with Crippen LogP contribution >= 0.6 is 0 Å². The van der Waals surface area contributed by atoms with Crippen molar-refractivity contribution in [2.45, 2.75) is 13.8 Å². The first-order chi connectivity index (χ1) is 7.58. The van der Waals surface area contributed by atoms with Gasteiger partial charge in [0.2, 0.25) is 0 Å². The molecule has 0 atom stereocenters. The van der Waals surface area contributed by atoms with Gasteiger partial charge in [-0.2, -0.15) is 0 Å². The number of hydrogen-bond acceptors (Lipinski definition) is 0. The highest BCUT2D eigenvalue weighted by molar-refractivity contribution is 5.65. The van der Waals surface area contributed by atoms with E-state index >= 15 is 0 Å². The van der Waals surface area contributed by atoms with Gasteiger partial charge in [0.1, 0.15) is 11.6 Å². The second-order valence-corrected chi connectivity index (χ2v) is 3.95. The lowest BCUT2D eigenvalue weighted by atomic mass is 10.0. The Morgan fingerprint density at radius 3 is 2.25 bits per heavy atom. The molecule has 0 aliphatic rings. The minimum absolute atomic E-state index is 0.307. The molecular weight excluding hydrogens is 206 g/mol. The van der Waals surface area contributed by atoms with Gasteiger partial charge in [-0.05, 0) is 43.2 Å². The summed E-state index contributed by atoms with van der Waals surface area (Å²) in [7, 11) is 0. The lowest BCUT2D eigenvalue weighted by molar-refractivity contribution is 0.617. The van der Waals surface area contributed by atoms with Crippen LogP contribution in [0.25, 0.3) is 11.1 Å². The van der Waals surface area contributed by atoms with Gasteiger partial charge in [-0.15, -0.1) is 0 Å². The molecule has 0 unspecified atom stereocenters. The quantitative estimate of drug-likeness (QED) is 0.671. The summed E-state index contributed by atoms with van der Waals surface area (Å²) in [5.41, 5.74) is 2.54. The summed E-state index contributed by atoms with van der Waals surface area (Å²) in [6.45, 7) is 3.57. The third kappa shape index (κ3) is 1.96. The Hall–Kier alpha value is -1.70. The van der Waals surface area contributed by atoms with Gasteiger partial charge < -0.3 is 0 Å². The number of hydrogen-bond donors (Lipinski definition) is 0. The van der Waals surface area contributed by atoms with Crippen molar-refractivity contribution < 1.29 is 8.78 Å². The first-order valence-electron chi connectivity index (χ1n) is 5.10. The van der Waals surface area contributed by atoms with Gasteiger partial charge in [0.25, 0.3) is 0 Å². The van der Waals surface area contributed by atoms with Crippen molar-refractivity contribution in [1.82, 2.24) is 0 Å². The second kappa shape index (κ2) is 4.05. The first-order valence-corrected chi connectivity index (χ1v) is 5.10. The minimum Gasteiger partial charge on any atom is -0.207 e. The highest BCUT2D eigenvalue weighted by Gasteiger charge is 2.07. The SMILES string of the molecule is Cc1ccc(F)c(-c2ccc(C)c(F)c2)c1. The lowest BCUT2D eigenvalue weighted by Gasteiger charge is -2.06. The summed E-state index contributed by atoms with van der Waals surface area (Å²) >= 11 is 0. The largest absolute Gasteiger partial charge is 0.207 e. The van der Waals surface area contributed by atoms with Crippen LogP contribution < -0.4 is 0 Å². The van der Waals surface area contributed by atoms with Gasteiger partial charge in [-0.25, -0.2) is 8.78 Å². The molecule has 2 aromatic carbocycles. The Labute approximate surface area is 93.5 Å². The fourth-order valence-electron chi connectivity index (χ4n) is 1.62. The Balaban J connectivity index is 2.58. The number of aryl methyl sites for hydroxylation is 2. The van der Waals surface area contributed by atoms with E-state index in [-0.39, 0.29) is 11.6 Å². The van der Waals surface area contributed by atoms with Gasteiger partial charge in [-0.3, -0.25) is 0 Å². The van der Waals surface area contributed by atoms with Crippen molar-refractivity contribution in [3.05, 3.63) is 59.2 Å². The lowest BCUT2D eigenvalue weighted by Crippen LogP contribution is -1.88. The van der Waals surface area contributed by atoms with E-state index < -0.39 is 0 Å². The Morgan fingerprint density at radius 1 is 0.812 bits per heavy atom. The molecule has 0 aliphatic carbocycles. The second-order valence-electron chi connectivity index (χ2n) is 3.95. The van der Waals surface area contributed by atoms with E-state index in [4.69, 9.17) is 0 Å². The molecular formula is C14H12F2. The zero-order valence-electron chi connectivity index (χ0n) is 9.22. The van der Waals surface area contributed by atoms with Crippen molar-refractivity contribution in [3.63, 3.8) is 0 Å². The number of halogens is 2. The van der Waals surface area contributed by atoms with Crippen LogP contribution in [0.3, 0.4) is 0 Å². The maximum absolute atomic E-state index is 13.6. The molecule has 0 fully saturated rings. The summed E-state index contributed by atoms with van der Waals surface area (Å²) in [4.78, 5) is 0. The monoisotopic (exact) mass is 218 g/mol. The van der Waals surface area contributed by atoms with Crippen molar-refractivity contribution in [2.24, 2.45) is 0 Å². The summed E-state index contributed by atoms with van der Waals surface area (Å²) < 4.78 is 26.9. The normalized spacial score (nSPS) is 10.5. The molecule has 82 valence electrons. The number of rotatable bonds is 1. The molecule has 0 nitrogen and oxygen atoms in total. The molecule has 0 aromatic heterocycles. The molecule has 0 saturated carbocycles.